The topological polar surface area (TPSA) is 31.4 Å². The number of nitrogens with zero attached hydrogens (tertiary/aromatic N) is 3. The molecule has 0 amide bonds. The Bertz CT molecular complexity index is 752. The molecule has 0 spiro atoms. The van der Waals surface area contributed by atoms with Gasteiger partial charge < -0.3 is 21.8 Å². The normalized spacial score (nSPS) is 9.89. The van der Waals surface area contributed by atoms with Gasteiger partial charge in [0.2, 0.25) is 0 Å². The molecule has 5 heteroatoms. The fourth-order valence-electron chi connectivity index (χ4n) is 2.18. The molecule has 0 bridgehead atoms. The predicted molar refractivity (Wildman–Crippen MR) is 69.9 cm³/mol. The van der Waals surface area contributed by atoms with E-state index >= 15 is 0 Å². The first-order chi connectivity index (χ1) is 7.93. The van der Waals surface area contributed by atoms with Gasteiger partial charge in [0.15, 0.2) is 0 Å². The number of imidazole rings is 2. The molecule has 2 aromatic heterocycles. The summed E-state index contributed by atoms with van der Waals surface area (Å²) in [6.45, 7) is 0. The Balaban J connectivity index is 0.000000602. The van der Waals surface area contributed by atoms with Gasteiger partial charge in [0.05, 0.1) is 0 Å². The summed E-state index contributed by atoms with van der Waals surface area (Å²) in [6, 6.07) is 16.2. The van der Waals surface area contributed by atoms with Crippen molar-refractivity contribution in [3.8, 4) is 0 Å². The molecular formula is C14H11N3W2. The fourth-order valence-corrected chi connectivity index (χ4v) is 2.18. The van der Waals surface area contributed by atoms with E-state index in [1.807, 2.05) is 36.4 Å². The number of hydrogen-bond acceptors (Lipinski definition) is 1. The molecule has 0 radical (unpaired) electrons. The molecule has 0 aliphatic carbocycles. The van der Waals surface area contributed by atoms with Crippen LogP contribution in [0.4, 0.5) is 0 Å². The van der Waals surface area contributed by atoms with E-state index in [-0.39, 0.29) is 49.6 Å². The van der Waals surface area contributed by atoms with E-state index in [0.717, 1.165) is 27.8 Å². The van der Waals surface area contributed by atoms with Crippen LogP contribution in [0.25, 0.3) is 27.8 Å². The van der Waals surface area contributed by atoms with Crippen molar-refractivity contribution in [2.75, 3.05) is 0 Å². The maximum atomic E-state index is 4.50. The summed E-state index contributed by atoms with van der Waals surface area (Å²) < 4.78 is 2.10. The molecule has 0 saturated carbocycles. The van der Waals surface area contributed by atoms with E-state index in [1.54, 1.807) is 0 Å². The molecule has 4 aromatic rings. The molecule has 19 heavy (non-hydrogen) atoms. The zero-order chi connectivity index (χ0) is 10.5. The zero-order valence-electron chi connectivity index (χ0n) is 10.3. The van der Waals surface area contributed by atoms with Crippen molar-refractivity contribution >= 4 is 27.8 Å². The van der Waals surface area contributed by atoms with Crippen LogP contribution >= 0.6 is 0 Å². The molecule has 0 aliphatic rings. The summed E-state index contributed by atoms with van der Waals surface area (Å²) in [5.41, 5.74) is 4.23. The van der Waals surface area contributed by atoms with Crippen molar-refractivity contribution in [3.05, 3.63) is 56.0 Å². The summed E-state index contributed by atoms with van der Waals surface area (Å²) in [6.07, 6.45) is 0. The average Bonchev–Trinajstić information content (AvgIpc) is 2.83. The van der Waals surface area contributed by atoms with Crippen LogP contribution < -0.4 is 4.98 Å². The Labute approximate surface area is 139 Å². The van der Waals surface area contributed by atoms with Crippen LogP contribution in [-0.4, -0.2) is 9.38 Å². The van der Waals surface area contributed by atoms with Crippen LogP contribution in [0.3, 0.4) is 0 Å². The summed E-state index contributed by atoms with van der Waals surface area (Å²) in [5, 5.41) is 0. The minimum atomic E-state index is 0. The van der Waals surface area contributed by atoms with Crippen molar-refractivity contribution in [2.24, 2.45) is 0 Å². The minimum absolute atomic E-state index is 0. The molecule has 0 saturated heterocycles. The van der Waals surface area contributed by atoms with E-state index in [9.17, 15) is 0 Å². The van der Waals surface area contributed by atoms with E-state index < -0.39 is 0 Å². The largest absolute Gasteiger partial charge is 2.00 e. The van der Waals surface area contributed by atoms with Crippen LogP contribution in [-0.2, 0) is 42.1 Å². The van der Waals surface area contributed by atoms with Gasteiger partial charge in [-0.2, -0.15) is 0 Å². The summed E-state index contributed by atoms with van der Waals surface area (Å²) in [5.74, 6) is 0.780. The van der Waals surface area contributed by atoms with Gasteiger partial charge >= 0.3 is 21.1 Å². The van der Waals surface area contributed by atoms with Gasteiger partial charge in [-0.25, -0.2) is 0 Å². The maximum Gasteiger partial charge on any atom is 2.00 e. The quantitative estimate of drug-likeness (QED) is 0.296. The van der Waals surface area contributed by atoms with Gasteiger partial charge in [-0.3, -0.25) is 0 Å². The molecular weight excluding hydrogens is 578 g/mol. The fraction of sp³-hybridized carbons (Fsp3) is 0. The van der Waals surface area contributed by atoms with Gasteiger partial charge in [0.25, 0.3) is 0 Å². The maximum absolute atomic E-state index is 4.50. The van der Waals surface area contributed by atoms with E-state index in [2.05, 4.69) is 26.5 Å². The van der Waals surface area contributed by atoms with Gasteiger partial charge in [-0.05, 0) is 0 Å². The molecule has 0 N–H and O–H groups in total. The SMILES string of the molecule is [CH3-].[W+2].[W].c1ccc2c(c1)nc1[n-]c3ccccc3n12. The number of para-hydroxylation sites is 4. The Kier molecular flexibility index (Phi) is 5.12. The standard InChI is InChI=1S/C13H8N3.CH3.2W/c1-3-7-11-9(5-1)14-13-15-10-6-2-4-8-12(10)16(11)13;;;/h1-8H;1H3;;/q2*-1;;+2. The molecule has 0 fully saturated rings. The average molecular weight is 589 g/mol. The van der Waals surface area contributed by atoms with Crippen molar-refractivity contribution in [3.63, 3.8) is 0 Å². The number of hydrogen-bond donors (Lipinski definition) is 0. The molecule has 0 unspecified atom stereocenters. The van der Waals surface area contributed by atoms with Crippen LogP contribution in [0, 0.1) is 7.43 Å². The van der Waals surface area contributed by atoms with E-state index in [1.165, 1.54) is 0 Å². The number of aromatic nitrogens is 3. The van der Waals surface area contributed by atoms with Gasteiger partial charge in [-0.15, -0.1) is 0 Å². The molecule has 3 nitrogen and oxygen atoms in total. The smallest absolute Gasteiger partial charge is 0.366 e. The molecule has 4 rings (SSSR count). The first kappa shape index (κ1) is 16.1. The Morgan fingerprint density at radius 3 is 2.32 bits per heavy atom. The van der Waals surface area contributed by atoms with Crippen molar-refractivity contribution in [1.82, 2.24) is 14.4 Å². The third-order valence-electron chi connectivity index (χ3n) is 2.89. The molecule has 2 heterocycles. The van der Waals surface area contributed by atoms with Crippen molar-refractivity contribution in [1.29, 1.82) is 0 Å². The predicted octanol–water partition coefficient (Wildman–Crippen LogP) is 3.04. The van der Waals surface area contributed by atoms with Crippen molar-refractivity contribution in [2.45, 2.75) is 0 Å². The molecule has 2 aromatic carbocycles. The zero-order valence-corrected chi connectivity index (χ0v) is 16.1. The Morgan fingerprint density at radius 1 is 0.895 bits per heavy atom. The summed E-state index contributed by atoms with van der Waals surface area (Å²) in [7, 11) is 0. The van der Waals surface area contributed by atoms with E-state index in [4.69, 9.17) is 0 Å². The minimum Gasteiger partial charge on any atom is -0.366 e. The second-order valence-electron chi connectivity index (χ2n) is 3.84. The van der Waals surface area contributed by atoms with Crippen LogP contribution in [0.2, 0.25) is 0 Å². The van der Waals surface area contributed by atoms with Gasteiger partial charge in [-0.1, -0.05) is 48.5 Å². The number of fused-ring (bicyclic) bond motifs is 5. The first-order valence-electron chi connectivity index (χ1n) is 5.22. The summed E-state index contributed by atoms with van der Waals surface area (Å²) >= 11 is 0. The Hall–Kier alpha value is -0.913. The molecule has 0 aliphatic heterocycles. The monoisotopic (exact) mass is 589 g/mol. The van der Waals surface area contributed by atoms with Crippen LogP contribution in [0.5, 0.6) is 0 Å². The molecule has 0 atom stereocenters. The van der Waals surface area contributed by atoms with Gasteiger partial charge in [0, 0.05) is 48.9 Å². The number of benzene rings is 2. The Morgan fingerprint density at radius 2 is 1.53 bits per heavy atom. The molecule has 94 valence electrons. The third-order valence-corrected chi connectivity index (χ3v) is 2.89. The third kappa shape index (κ3) is 2.30. The first-order valence-corrected chi connectivity index (χ1v) is 5.22. The number of rotatable bonds is 0. The van der Waals surface area contributed by atoms with Gasteiger partial charge in [0.1, 0.15) is 0 Å². The van der Waals surface area contributed by atoms with Crippen LogP contribution in [0.15, 0.2) is 48.5 Å². The summed E-state index contributed by atoms with van der Waals surface area (Å²) in [4.78, 5) is 9.01. The van der Waals surface area contributed by atoms with Crippen LogP contribution in [0.1, 0.15) is 0 Å². The second kappa shape index (κ2) is 6.03. The second-order valence-corrected chi connectivity index (χ2v) is 3.84. The van der Waals surface area contributed by atoms with E-state index in [0.29, 0.717) is 0 Å². The van der Waals surface area contributed by atoms with Crippen molar-refractivity contribution < 1.29 is 42.1 Å².